The highest BCUT2D eigenvalue weighted by Crippen LogP contribution is 2.15. The van der Waals surface area contributed by atoms with Crippen LogP contribution < -0.4 is 5.32 Å². The molecule has 78 valence electrons. The number of nitrogens with zero attached hydrogens (tertiary/aromatic N) is 1. The highest BCUT2D eigenvalue weighted by atomic mass is 19.1. The van der Waals surface area contributed by atoms with Gasteiger partial charge in [0.05, 0.1) is 11.6 Å². The second-order valence-corrected chi connectivity index (χ2v) is 3.41. The summed E-state index contributed by atoms with van der Waals surface area (Å²) >= 11 is 0. The molecule has 0 aliphatic carbocycles. The fourth-order valence-corrected chi connectivity index (χ4v) is 1.33. The first-order chi connectivity index (χ1) is 7.15. The van der Waals surface area contributed by atoms with E-state index in [1.807, 2.05) is 13.0 Å². The maximum atomic E-state index is 13.0. The Morgan fingerprint density at radius 1 is 1.60 bits per heavy atom. The van der Waals surface area contributed by atoms with E-state index in [4.69, 9.17) is 5.26 Å². The van der Waals surface area contributed by atoms with Crippen molar-refractivity contribution < 1.29 is 4.39 Å². The zero-order valence-electron chi connectivity index (χ0n) is 8.63. The lowest BCUT2D eigenvalue weighted by molar-refractivity contribution is 0.627. The quantitative estimate of drug-likeness (QED) is 0.765. The van der Waals surface area contributed by atoms with Gasteiger partial charge in [-0.2, -0.15) is 5.26 Å². The van der Waals surface area contributed by atoms with E-state index >= 15 is 0 Å². The van der Waals surface area contributed by atoms with Gasteiger partial charge in [-0.3, -0.25) is 0 Å². The molecule has 0 aromatic heterocycles. The molecule has 0 aliphatic rings. The van der Waals surface area contributed by atoms with E-state index in [9.17, 15) is 4.39 Å². The minimum absolute atomic E-state index is 0.177. The van der Waals surface area contributed by atoms with Crippen LogP contribution in [0.15, 0.2) is 30.9 Å². The second-order valence-electron chi connectivity index (χ2n) is 3.41. The average Bonchev–Trinajstić information content (AvgIpc) is 2.17. The molecule has 0 fully saturated rings. The summed E-state index contributed by atoms with van der Waals surface area (Å²) in [5.41, 5.74) is 0.948. The van der Waals surface area contributed by atoms with Gasteiger partial charge in [0.15, 0.2) is 0 Å². The van der Waals surface area contributed by atoms with Crippen LogP contribution in [0.5, 0.6) is 0 Å². The molecule has 3 heteroatoms. The summed E-state index contributed by atoms with van der Waals surface area (Å²) in [5.74, 6) is -0.401. The molecule has 0 bridgehead atoms. The fourth-order valence-electron chi connectivity index (χ4n) is 1.33. The number of nitrogens with one attached hydrogen (secondary N) is 1. The highest BCUT2D eigenvalue weighted by Gasteiger charge is 2.03. The van der Waals surface area contributed by atoms with Crippen LogP contribution in [0.3, 0.4) is 0 Å². The lowest BCUT2D eigenvalue weighted by Gasteiger charge is -2.13. The molecule has 1 atom stereocenters. The number of benzene rings is 1. The van der Waals surface area contributed by atoms with E-state index in [2.05, 4.69) is 11.9 Å². The third-order valence-corrected chi connectivity index (χ3v) is 1.96. The maximum absolute atomic E-state index is 13.0. The average molecular weight is 204 g/mol. The summed E-state index contributed by atoms with van der Waals surface area (Å²) in [5, 5.41) is 11.8. The molecule has 1 aromatic rings. The van der Waals surface area contributed by atoms with Gasteiger partial charge in [0.25, 0.3) is 0 Å². The van der Waals surface area contributed by atoms with Crippen molar-refractivity contribution in [2.45, 2.75) is 19.4 Å². The molecule has 2 nitrogen and oxygen atoms in total. The number of halogens is 1. The van der Waals surface area contributed by atoms with Crippen molar-refractivity contribution in [3.63, 3.8) is 0 Å². The molecule has 0 amide bonds. The van der Waals surface area contributed by atoms with E-state index in [1.54, 1.807) is 12.1 Å². The van der Waals surface area contributed by atoms with Gasteiger partial charge in [-0.1, -0.05) is 6.08 Å². The molecule has 0 saturated carbocycles. The van der Waals surface area contributed by atoms with Crippen molar-refractivity contribution in [2.24, 2.45) is 0 Å². The summed E-state index contributed by atoms with van der Waals surface area (Å²) in [7, 11) is 0. The summed E-state index contributed by atoms with van der Waals surface area (Å²) in [6, 6.07) is 6.30. The predicted molar refractivity (Wildman–Crippen MR) is 59.0 cm³/mol. The number of hydrogen-bond acceptors (Lipinski definition) is 2. The molecule has 0 saturated heterocycles. The smallest absolute Gasteiger partial charge is 0.126 e. The Balaban J connectivity index is 2.81. The zero-order chi connectivity index (χ0) is 11.3. The van der Waals surface area contributed by atoms with E-state index in [-0.39, 0.29) is 6.04 Å². The van der Waals surface area contributed by atoms with Crippen LogP contribution in [-0.2, 0) is 0 Å². The van der Waals surface area contributed by atoms with Crippen molar-refractivity contribution in [3.05, 3.63) is 42.2 Å². The van der Waals surface area contributed by atoms with Gasteiger partial charge in [0, 0.05) is 11.7 Å². The fraction of sp³-hybridized carbons (Fsp3) is 0.250. The molecule has 1 N–H and O–H groups in total. The Hall–Kier alpha value is -1.82. The van der Waals surface area contributed by atoms with Crippen molar-refractivity contribution in [1.82, 2.24) is 0 Å². The molecular formula is C12H13FN2. The van der Waals surface area contributed by atoms with Crippen molar-refractivity contribution in [2.75, 3.05) is 5.32 Å². The van der Waals surface area contributed by atoms with E-state index in [0.717, 1.165) is 6.42 Å². The van der Waals surface area contributed by atoms with E-state index < -0.39 is 5.82 Å². The topological polar surface area (TPSA) is 35.8 Å². The summed E-state index contributed by atoms with van der Waals surface area (Å²) in [6.07, 6.45) is 2.58. The van der Waals surface area contributed by atoms with E-state index in [1.165, 1.54) is 12.1 Å². The van der Waals surface area contributed by atoms with Crippen molar-refractivity contribution in [3.8, 4) is 6.07 Å². The van der Waals surface area contributed by atoms with Crippen molar-refractivity contribution >= 4 is 5.69 Å². The largest absolute Gasteiger partial charge is 0.382 e. The molecule has 0 spiro atoms. The lowest BCUT2D eigenvalue weighted by Crippen LogP contribution is -2.13. The van der Waals surface area contributed by atoms with Crippen LogP contribution in [0.1, 0.15) is 18.9 Å². The Bertz CT molecular complexity index is 393. The number of hydrogen-bond donors (Lipinski definition) is 1. The molecule has 0 heterocycles. The Morgan fingerprint density at radius 2 is 2.33 bits per heavy atom. The van der Waals surface area contributed by atoms with Gasteiger partial charge in [-0.05, 0) is 31.5 Å². The maximum Gasteiger partial charge on any atom is 0.126 e. The number of nitriles is 1. The van der Waals surface area contributed by atoms with Crippen LogP contribution in [0.2, 0.25) is 0 Å². The third-order valence-electron chi connectivity index (χ3n) is 1.96. The standard InChI is InChI=1S/C12H13FN2/c1-3-4-9(2)15-12-6-10(8-14)5-11(13)7-12/h3,5-7,9,15H,1,4H2,2H3. The number of anilines is 1. The van der Waals surface area contributed by atoms with Crippen LogP contribution in [0.4, 0.5) is 10.1 Å². The SMILES string of the molecule is C=CCC(C)Nc1cc(F)cc(C#N)c1. The lowest BCUT2D eigenvalue weighted by atomic mass is 10.1. The van der Waals surface area contributed by atoms with Gasteiger partial charge >= 0.3 is 0 Å². The monoisotopic (exact) mass is 204 g/mol. The van der Waals surface area contributed by atoms with Crippen LogP contribution in [-0.4, -0.2) is 6.04 Å². The summed E-state index contributed by atoms with van der Waals surface area (Å²) in [6.45, 7) is 5.60. The molecule has 0 aliphatic heterocycles. The molecule has 1 aromatic carbocycles. The van der Waals surface area contributed by atoms with Gasteiger partial charge in [-0.25, -0.2) is 4.39 Å². The van der Waals surface area contributed by atoms with Gasteiger partial charge in [-0.15, -0.1) is 6.58 Å². The Labute approximate surface area is 89.0 Å². The van der Waals surface area contributed by atoms with Gasteiger partial charge < -0.3 is 5.32 Å². The van der Waals surface area contributed by atoms with Crippen LogP contribution >= 0.6 is 0 Å². The molecule has 15 heavy (non-hydrogen) atoms. The summed E-state index contributed by atoms with van der Waals surface area (Å²) < 4.78 is 13.0. The number of rotatable bonds is 4. The first-order valence-electron chi connectivity index (χ1n) is 4.74. The predicted octanol–water partition coefficient (Wildman–Crippen LogP) is 3.07. The first-order valence-corrected chi connectivity index (χ1v) is 4.74. The van der Waals surface area contributed by atoms with Gasteiger partial charge in [0.1, 0.15) is 5.82 Å². The third kappa shape index (κ3) is 3.43. The van der Waals surface area contributed by atoms with E-state index in [0.29, 0.717) is 11.3 Å². The van der Waals surface area contributed by atoms with Crippen molar-refractivity contribution in [1.29, 1.82) is 5.26 Å². The summed E-state index contributed by atoms with van der Waals surface area (Å²) in [4.78, 5) is 0. The molecule has 1 unspecified atom stereocenters. The first kappa shape index (κ1) is 11.3. The molecule has 0 radical (unpaired) electrons. The zero-order valence-corrected chi connectivity index (χ0v) is 8.63. The molecular weight excluding hydrogens is 191 g/mol. The second kappa shape index (κ2) is 5.16. The normalized spacial score (nSPS) is 11.5. The van der Waals surface area contributed by atoms with Crippen LogP contribution in [0.25, 0.3) is 0 Å². The highest BCUT2D eigenvalue weighted by molar-refractivity contribution is 5.50. The minimum atomic E-state index is -0.401. The molecule has 1 rings (SSSR count). The Kier molecular flexibility index (Phi) is 3.87. The Morgan fingerprint density at radius 3 is 2.93 bits per heavy atom. The van der Waals surface area contributed by atoms with Crippen LogP contribution in [0, 0.1) is 17.1 Å². The van der Waals surface area contributed by atoms with Gasteiger partial charge in [0.2, 0.25) is 0 Å². The minimum Gasteiger partial charge on any atom is -0.382 e.